The van der Waals surface area contributed by atoms with Crippen molar-refractivity contribution < 1.29 is 0 Å². The van der Waals surface area contributed by atoms with Crippen LogP contribution in [0.25, 0.3) is 22.2 Å². The van der Waals surface area contributed by atoms with Crippen molar-refractivity contribution in [1.82, 2.24) is 4.98 Å². The van der Waals surface area contributed by atoms with E-state index in [2.05, 4.69) is 54.4 Å². The second-order valence-electron chi connectivity index (χ2n) is 5.48. The molecule has 4 rings (SSSR count). The Balaban J connectivity index is 2.07. The average Bonchev–Trinajstić information content (AvgIpc) is 2.84. The largest absolute Gasteiger partial charge is 0.354 e. The van der Waals surface area contributed by atoms with Gasteiger partial charge >= 0.3 is 0 Å². The molecule has 0 radical (unpaired) electrons. The minimum Gasteiger partial charge on any atom is -0.354 e. The van der Waals surface area contributed by atoms with E-state index in [1.807, 2.05) is 0 Å². The highest BCUT2D eigenvalue weighted by molar-refractivity contribution is 5.94. The second kappa shape index (κ2) is 3.99. The molecule has 0 aliphatic heterocycles. The highest BCUT2D eigenvalue weighted by Crippen LogP contribution is 2.37. The Kier molecular flexibility index (Phi) is 2.28. The van der Waals surface area contributed by atoms with Crippen LogP contribution in [0.1, 0.15) is 23.1 Å². The van der Waals surface area contributed by atoms with Crippen LogP contribution in [0.5, 0.6) is 0 Å². The van der Waals surface area contributed by atoms with E-state index >= 15 is 0 Å². The van der Waals surface area contributed by atoms with Gasteiger partial charge in [-0.15, -0.1) is 0 Å². The topological polar surface area (TPSA) is 15.8 Å². The minimum absolute atomic E-state index is 1.20. The normalized spacial score (nSPS) is 13.9. The average molecular weight is 247 g/mol. The molecule has 1 aliphatic carbocycles. The SMILES string of the molecule is Cc1ccc2[nH]c(-c3ccccc3)c3c2c1CCC3. The van der Waals surface area contributed by atoms with Gasteiger partial charge in [0.25, 0.3) is 0 Å². The van der Waals surface area contributed by atoms with Crippen molar-refractivity contribution >= 4 is 10.9 Å². The fraction of sp³-hybridized carbons (Fsp3) is 0.222. The molecule has 0 saturated heterocycles. The summed E-state index contributed by atoms with van der Waals surface area (Å²) in [4.78, 5) is 3.64. The van der Waals surface area contributed by atoms with Crippen LogP contribution in [0.3, 0.4) is 0 Å². The lowest BCUT2D eigenvalue weighted by atomic mass is 9.88. The highest BCUT2D eigenvalue weighted by Gasteiger charge is 2.20. The van der Waals surface area contributed by atoms with E-state index in [4.69, 9.17) is 0 Å². The molecule has 0 unspecified atom stereocenters. The molecule has 0 bridgehead atoms. The number of aryl methyl sites for hydroxylation is 3. The molecule has 1 nitrogen and oxygen atoms in total. The maximum absolute atomic E-state index is 3.64. The van der Waals surface area contributed by atoms with Crippen molar-refractivity contribution in [3.63, 3.8) is 0 Å². The zero-order chi connectivity index (χ0) is 12.8. The molecule has 1 aliphatic rings. The lowest BCUT2D eigenvalue weighted by Gasteiger charge is -2.15. The Morgan fingerprint density at radius 1 is 0.895 bits per heavy atom. The molecule has 1 heteroatoms. The van der Waals surface area contributed by atoms with Crippen molar-refractivity contribution in [3.05, 3.63) is 59.2 Å². The van der Waals surface area contributed by atoms with Crippen LogP contribution in [-0.4, -0.2) is 4.98 Å². The Hall–Kier alpha value is -2.02. The summed E-state index contributed by atoms with van der Waals surface area (Å²) < 4.78 is 0. The number of aromatic amines is 1. The van der Waals surface area contributed by atoms with Gasteiger partial charge in [0.05, 0.1) is 0 Å². The van der Waals surface area contributed by atoms with Crippen LogP contribution >= 0.6 is 0 Å². The van der Waals surface area contributed by atoms with Crippen molar-refractivity contribution in [1.29, 1.82) is 0 Å². The van der Waals surface area contributed by atoms with Gasteiger partial charge < -0.3 is 4.98 Å². The fourth-order valence-electron chi connectivity index (χ4n) is 3.40. The smallest absolute Gasteiger partial charge is 0.0497 e. The molecule has 1 aromatic heterocycles. The molecular weight excluding hydrogens is 230 g/mol. The molecule has 1 heterocycles. The van der Waals surface area contributed by atoms with Crippen LogP contribution in [0.15, 0.2) is 42.5 Å². The predicted octanol–water partition coefficient (Wildman–Crippen LogP) is 4.63. The summed E-state index contributed by atoms with van der Waals surface area (Å²) >= 11 is 0. The Morgan fingerprint density at radius 2 is 1.68 bits per heavy atom. The van der Waals surface area contributed by atoms with Gasteiger partial charge in [0.2, 0.25) is 0 Å². The van der Waals surface area contributed by atoms with Crippen LogP contribution in [-0.2, 0) is 12.8 Å². The van der Waals surface area contributed by atoms with E-state index in [0.717, 1.165) is 0 Å². The van der Waals surface area contributed by atoms with Gasteiger partial charge in [-0.3, -0.25) is 0 Å². The van der Waals surface area contributed by atoms with Gasteiger partial charge in [0, 0.05) is 16.6 Å². The first-order chi connectivity index (χ1) is 9.34. The fourth-order valence-corrected chi connectivity index (χ4v) is 3.40. The van der Waals surface area contributed by atoms with Crippen LogP contribution < -0.4 is 0 Å². The summed E-state index contributed by atoms with van der Waals surface area (Å²) in [5.74, 6) is 0. The van der Waals surface area contributed by atoms with Crippen LogP contribution in [0, 0.1) is 6.92 Å². The monoisotopic (exact) mass is 247 g/mol. The molecule has 94 valence electrons. The quantitative estimate of drug-likeness (QED) is 0.645. The van der Waals surface area contributed by atoms with Crippen LogP contribution in [0.4, 0.5) is 0 Å². The number of benzene rings is 2. The first-order valence-electron chi connectivity index (χ1n) is 7.03. The highest BCUT2D eigenvalue weighted by atomic mass is 14.7. The molecule has 0 amide bonds. The second-order valence-corrected chi connectivity index (χ2v) is 5.48. The number of aromatic nitrogens is 1. The Labute approximate surface area is 113 Å². The van der Waals surface area contributed by atoms with Gasteiger partial charge in [0.1, 0.15) is 0 Å². The third-order valence-electron chi connectivity index (χ3n) is 4.33. The van der Waals surface area contributed by atoms with Gasteiger partial charge in [-0.25, -0.2) is 0 Å². The summed E-state index contributed by atoms with van der Waals surface area (Å²) in [6.07, 6.45) is 3.69. The third-order valence-corrected chi connectivity index (χ3v) is 4.33. The van der Waals surface area contributed by atoms with Crippen molar-refractivity contribution in [2.24, 2.45) is 0 Å². The standard InChI is InChI=1S/C18H17N/c1-12-10-11-16-17-14(12)8-5-9-15(17)18(19-16)13-6-3-2-4-7-13/h2-4,6-7,10-11,19H,5,8-9H2,1H3. The van der Waals surface area contributed by atoms with E-state index in [-0.39, 0.29) is 0 Å². The Morgan fingerprint density at radius 3 is 2.53 bits per heavy atom. The Bertz CT molecular complexity index is 750. The number of hydrogen-bond donors (Lipinski definition) is 1. The molecule has 3 aromatic rings. The van der Waals surface area contributed by atoms with Gasteiger partial charge in [0.15, 0.2) is 0 Å². The predicted molar refractivity (Wildman–Crippen MR) is 80.5 cm³/mol. The maximum Gasteiger partial charge on any atom is 0.0497 e. The summed E-state index contributed by atoms with van der Waals surface area (Å²) in [5.41, 5.74) is 8.44. The van der Waals surface area contributed by atoms with E-state index in [9.17, 15) is 0 Å². The molecule has 0 fully saturated rings. The van der Waals surface area contributed by atoms with E-state index in [0.29, 0.717) is 0 Å². The summed E-state index contributed by atoms with van der Waals surface area (Å²) in [5, 5.41) is 1.49. The number of nitrogens with one attached hydrogen (secondary N) is 1. The zero-order valence-corrected chi connectivity index (χ0v) is 11.2. The summed E-state index contributed by atoms with van der Waals surface area (Å²) in [6, 6.07) is 15.2. The summed E-state index contributed by atoms with van der Waals surface area (Å²) in [6.45, 7) is 2.24. The molecular formula is C18H17N. The third kappa shape index (κ3) is 1.54. The number of hydrogen-bond acceptors (Lipinski definition) is 0. The van der Waals surface area contributed by atoms with Crippen LogP contribution in [0.2, 0.25) is 0 Å². The zero-order valence-electron chi connectivity index (χ0n) is 11.2. The summed E-state index contributed by atoms with van der Waals surface area (Å²) in [7, 11) is 0. The molecule has 19 heavy (non-hydrogen) atoms. The molecule has 1 N–H and O–H groups in total. The van der Waals surface area contributed by atoms with Crippen molar-refractivity contribution in [3.8, 4) is 11.3 Å². The first kappa shape index (κ1) is 10.9. The van der Waals surface area contributed by atoms with Crippen molar-refractivity contribution in [2.75, 3.05) is 0 Å². The van der Waals surface area contributed by atoms with E-state index in [1.165, 1.54) is 52.5 Å². The molecule has 0 saturated carbocycles. The van der Waals surface area contributed by atoms with Gasteiger partial charge in [-0.05, 0) is 54.5 Å². The van der Waals surface area contributed by atoms with Crippen molar-refractivity contribution in [2.45, 2.75) is 26.2 Å². The van der Waals surface area contributed by atoms with Gasteiger partial charge in [-0.2, -0.15) is 0 Å². The lowest BCUT2D eigenvalue weighted by molar-refractivity contribution is 0.806. The van der Waals surface area contributed by atoms with Gasteiger partial charge in [-0.1, -0.05) is 36.4 Å². The molecule has 2 aromatic carbocycles. The lowest BCUT2D eigenvalue weighted by Crippen LogP contribution is -2.01. The minimum atomic E-state index is 1.20. The number of H-pyrrole nitrogens is 1. The van der Waals surface area contributed by atoms with E-state index < -0.39 is 0 Å². The first-order valence-corrected chi connectivity index (χ1v) is 7.03. The maximum atomic E-state index is 3.64. The number of rotatable bonds is 1. The van der Waals surface area contributed by atoms with E-state index in [1.54, 1.807) is 5.56 Å². The molecule has 0 atom stereocenters. The molecule has 0 spiro atoms.